The van der Waals surface area contributed by atoms with Crippen molar-refractivity contribution < 1.29 is 14.3 Å². The van der Waals surface area contributed by atoms with Crippen LogP contribution in [0.1, 0.15) is 153 Å². The zero-order valence-corrected chi connectivity index (χ0v) is 29.0. The first-order valence-corrected chi connectivity index (χ1v) is 17.4. The summed E-state index contributed by atoms with van der Waals surface area (Å²) in [6.07, 6.45) is 6.50. The number of hydrogen-bond donors (Lipinski definition) is 3. The van der Waals surface area contributed by atoms with Crippen molar-refractivity contribution in [3.05, 3.63) is 68.8 Å². The number of nitrogens with one attached hydrogen (secondary N) is 2. The maximum absolute atomic E-state index is 13.5. The lowest BCUT2D eigenvalue weighted by Crippen LogP contribution is -2.13. The first-order chi connectivity index (χ1) is 22.5. The second-order valence-electron chi connectivity index (χ2n) is 13.7. The minimum Gasteiger partial charge on any atom is -0.374 e. The van der Waals surface area contributed by atoms with Crippen LogP contribution in [0.5, 0.6) is 0 Å². The summed E-state index contributed by atoms with van der Waals surface area (Å²) < 4.78 is 6.45. The van der Waals surface area contributed by atoms with Gasteiger partial charge >= 0.3 is 0 Å². The average Bonchev–Trinajstić information content (AvgIpc) is 3.78. The Bertz CT molecular complexity index is 1950. The number of aromatic amines is 2. The molecule has 5 heterocycles. The van der Waals surface area contributed by atoms with E-state index in [1.54, 1.807) is 0 Å². The van der Waals surface area contributed by atoms with Crippen LogP contribution in [-0.2, 0) is 16.0 Å². The summed E-state index contributed by atoms with van der Waals surface area (Å²) in [5, 5.41) is 0. The minimum atomic E-state index is -0.328. The number of fused-ring (bicyclic) bond motifs is 8. The molecule has 0 spiro atoms. The molecule has 1 unspecified atom stereocenters. The van der Waals surface area contributed by atoms with Crippen LogP contribution in [0.4, 0.5) is 0 Å². The monoisotopic (exact) mass is 635 g/mol. The normalized spacial score (nSPS) is 18.0. The molecule has 1 amide bonds. The number of H-pyrrole nitrogens is 2. The van der Waals surface area contributed by atoms with E-state index in [0.29, 0.717) is 12.8 Å². The molecule has 3 aliphatic rings. The van der Waals surface area contributed by atoms with Crippen molar-refractivity contribution in [3.63, 3.8) is 0 Å². The van der Waals surface area contributed by atoms with Crippen LogP contribution in [-0.4, -0.2) is 38.2 Å². The van der Waals surface area contributed by atoms with Gasteiger partial charge in [-0.25, -0.2) is 4.98 Å². The number of nitrogens with zero attached hydrogens (tertiary/aromatic N) is 2. The molecule has 0 saturated carbocycles. The van der Waals surface area contributed by atoms with Gasteiger partial charge in [0.1, 0.15) is 0 Å². The van der Waals surface area contributed by atoms with Gasteiger partial charge in [0, 0.05) is 70.2 Å². The molecule has 248 valence electrons. The number of carbonyl (C=O) groups excluding carboxylic acids is 2. The van der Waals surface area contributed by atoms with Gasteiger partial charge in [0.15, 0.2) is 5.78 Å². The Balaban J connectivity index is 1.65. The number of ketones is 1. The molecule has 2 aliphatic heterocycles. The molecular weight excluding hydrogens is 586 g/mol. The van der Waals surface area contributed by atoms with Crippen LogP contribution in [0.25, 0.3) is 33.2 Å². The summed E-state index contributed by atoms with van der Waals surface area (Å²) >= 11 is 0. The van der Waals surface area contributed by atoms with Crippen LogP contribution in [0.15, 0.2) is 18.2 Å². The van der Waals surface area contributed by atoms with Crippen molar-refractivity contribution in [2.45, 2.75) is 118 Å². The fourth-order valence-electron chi connectivity index (χ4n) is 7.86. The van der Waals surface area contributed by atoms with Crippen LogP contribution >= 0.6 is 0 Å². The number of carbonyl (C=O) groups is 2. The Morgan fingerprint density at radius 2 is 1.74 bits per heavy atom. The lowest BCUT2D eigenvalue weighted by molar-refractivity contribution is -0.118. The van der Waals surface area contributed by atoms with E-state index in [-0.39, 0.29) is 36.1 Å². The number of allylic oxidation sites excluding steroid dienone is 2. The Hall–Kier alpha value is -4.04. The number of amides is 1. The van der Waals surface area contributed by atoms with Gasteiger partial charge in [-0.2, -0.15) is 0 Å². The van der Waals surface area contributed by atoms with Crippen molar-refractivity contribution in [2.24, 2.45) is 5.73 Å². The third-order valence-corrected chi connectivity index (χ3v) is 10.6. The summed E-state index contributed by atoms with van der Waals surface area (Å²) in [7, 11) is 0. The highest BCUT2D eigenvalue weighted by atomic mass is 16.5. The first-order valence-electron chi connectivity index (χ1n) is 17.4. The predicted molar refractivity (Wildman–Crippen MR) is 189 cm³/mol. The lowest BCUT2D eigenvalue weighted by atomic mass is 9.85. The number of aromatic nitrogens is 4. The standard InChI is InChI=1S/C39H49N5O3/c1-8-10-11-12-15-47-24(7)36-22(5)30-17-29-21(4)26(13-14-35(40)46)38(43-29)27-16-34(45)37-23(6)31(44-39(27)37)18-32-25(9-2)20(3)28(41-32)19-33(36)42-30/h17-19,21,24,26,42,44H,8-16H2,1-7H3,(H2,40,46)/t21?,24-,26+/m1/s1. The second kappa shape index (κ2) is 13.2. The zero-order chi connectivity index (χ0) is 33.6. The van der Waals surface area contributed by atoms with E-state index in [1.807, 2.05) is 6.92 Å². The summed E-state index contributed by atoms with van der Waals surface area (Å²) in [5.74, 6) is -0.229. The van der Waals surface area contributed by atoms with Crippen LogP contribution in [0.3, 0.4) is 0 Å². The Morgan fingerprint density at radius 1 is 1.00 bits per heavy atom. The molecule has 0 saturated heterocycles. The third kappa shape index (κ3) is 5.97. The van der Waals surface area contributed by atoms with Crippen LogP contribution in [0, 0.1) is 13.8 Å². The predicted octanol–water partition coefficient (Wildman–Crippen LogP) is 8.82. The van der Waals surface area contributed by atoms with E-state index < -0.39 is 0 Å². The number of hydrogen-bond acceptors (Lipinski definition) is 5. The number of nitrogens with two attached hydrogens (primary N) is 1. The number of Topliss-reactive ketones (excluding diaryl/α,β-unsaturated/α-hetero) is 1. The SMILES string of the molecule is CCCCCCO[C@H](C)c1c(C)c2cc3nc(c4c5[nH]c(cc6nc(cc1[nH]2)C(C)=C6CC)c(C)c5C(=O)C4)[C@@H](CCC(N)=O)C3C. The van der Waals surface area contributed by atoms with Gasteiger partial charge in [-0.05, 0) is 87.4 Å². The first kappa shape index (κ1) is 32.9. The number of ether oxygens (including phenoxy) is 1. The minimum absolute atomic E-state index is 0.0337. The summed E-state index contributed by atoms with van der Waals surface area (Å²) in [4.78, 5) is 43.3. The molecule has 3 aromatic heterocycles. The van der Waals surface area contributed by atoms with E-state index in [9.17, 15) is 9.59 Å². The summed E-state index contributed by atoms with van der Waals surface area (Å²) in [5.41, 5.74) is 20.2. The molecule has 0 fully saturated rings. The maximum atomic E-state index is 13.5. The molecule has 6 rings (SSSR count). The number of aryl methyl sites for hydroxylation is 2. The summed E-state index contributed by atoms with van der Waals surface area (Å²) in [6.45, 7) is 15.7. The molecule has 8 heteroatoms. The average molecular weight is 636 g/mol. The largest absolute Gasteiger partial charge is 0.374 e. The van der Waals surface area contributed by atoms with E-state index in [2.05, 4.69) is 69.7 Å². The zero-order valence-electron chi connectivity index (χ0n) is 29.0. The van der Waals surface area contributed by atoms with E-state index in [0.717, 1.165) is 97.7 Å². The van der Waals surface area contributed by atoms with E-state index in [1.165, 1.54) is 24.8 Å². The molecule has 4 N–H and O–H groups in total. The molecule has 8 bridgehead atoms. The Labute approximate surface area is 277 Å². The van der Waals surface area contributed by atoms with Crippen LogP contribution in [0.2, 0.25) is 0 Å². The van der Waals surface area contributed by atoms with Gasteiger partial charge in [0.05, 0.1) is 28.7 Å². The molecular formula is C39H49N5O3. The highest BCUT2D eigenvalue weighted by Gasteiger charge is 2.36. The van der Waals surface area contributed by atoms with Gasteiger partial charge in [-0.3, -0.25) is 14.6 Å². The van der Waals surface area contributed by atoms with Gasteiger partial charge in [0.25, 0.3) is 0 Å². The molecule has 1 aliphatic carbocycles. The summed E-state index contributed by atoms with van der Waals surface area (Å²) in [6, 6.07) is 6.41. The highest BCUT2D eigenvalue weighted by molar-refractivity contribution is 6.13. The fourth-order valence-corrected chi connectivity index (χ4v) is 7.86. The quantitative estimate of drug-likeness (QED) is 0.182. The Kier molecular flexibility index (Phi) is 9.25. The topological polar surface area (TPSA) is 127 Å². The van der Waals surface area contributed by atoms with Crippen molar-refractivity contribution in [1.82, 2.24) is 19.9 Å². The van der Waals surface area contributed by atoms with Crippen molar-refractivity contribution in [3.8, 4) is 0 Å². The number of primary amides is 1. The second-order valence-corrected chi connectivity index (χ2v) is 13.7. The fraction of sp³-hybridized carbons (Fsp3) is 0.487. The third-order valence-electron chi connectivity index (χ3n) is 10.6. The van der Waals surface area contributed by atoms with Gasteiger partial charge in [-0.1, -0.05) is 40.0 Å². The Morgan fingerprint density at radius 3 is 2.47 bits per heavy atom. The molecule has 3 atom stereocenters. The van der Waals surface area contributed by atoms with Crippen LogP contribution < -0.4 is 5.73 Å². The molecule has 0 aromatic carbocycles. The maximum Gasteiger partial charge on any atom is 0.217 e. The van der Waals surface area contributed by atoms with Crippen molar-refractivity contribution >= 4 is 44.9 Å². The lowest BCUT2D eigenvalue weighted by Gasteiger charge is -2.16. The van der Waals surface area contributed by atoms with Gasteiger partial charge in [-0.15, -0.1) is 0 Å². The van der Waals surface area contributed by atoms with E-state index in [4.69, 9.17) is 20.4 Å². The number of unbranched alkanes of at least 4 members (excludes halogenated alkanes) is 3. The highest BCUT2D eigenvalue weighted by Crippen LogP contribution is 2.44. The molecule has 0 radical (unpaired) electrons. The molecule has 3 aromatic rings. The number of rotatable bonds is 11. The van der Waals surface area contributed by atoms with Gasteiger partial charge in [0.2, 0.25) is 5.91 Å². The van der Waals surface area contributed by atoms with Gasteiger partial charge < -0.3 is 20.4 Å². The molecule has 47 heavy (non-hydrogen) atoms. The molecule has 8 nitrogen and oxygen atoms in total. The van der Waals surface area contributed by atoms with Crippen molar-refractivity contribution in [2.75, 3.05) is 6.61 Å². The van der Waals surface area contributed by atoms with E-state index >= 15 is 0 Å². The smallest absolute Gasteiger partial charge is 0.217 e. The van der Waals surface area contributed by atoms with Crippen molar-refractivity contribution in [1.29, 1.82) is 0 Å².